The molecule has 6 nitrogen and oxygen atoms in total. The average molecular weight is 400 g/mol. The SMILES string of the molecule is O=C(Nc1ccc(F)cc1F)c1ccccc1NC(=O)[C@H]1CC=CC[C@H]1C(=O)O. The summed E-state index contributed by atoms with van der Waals surface area (Å²) in [6, 6.07) is 8.83. The number of amides is 2. The number of aliphatic carboxylic acids is 1. The van der Waals surface area contributed by atoms with E-state index in [9.17, 15) is 28.3 Å². The van der Waals surface area contributed by atoms with Gasteiger partial charge in [-0.3, -0.25) is 14.4 Å². The van der Waals surface area contributed by atoms with Crippen molar-refractivity contribution in [3.8, 4) is 0 Å². The van der Waals surface area contributed by atoms with Crippen LogP contribution in [0.15, 0.2) is 54.6 Å². The summed E-state index contributed by atoms with van der Waals surface area (Å²) in [6.45, 7) is 0. The molecule has 1 aliphatic carbocycles. The summed E-state index contributed by atoms with van der Waals surface area (Å²) < 4.78 is 26.8. The number of benzene rings is 2. The van der Waals surface area contributed by atoms with Crippen molar-refractivity contribution in [2.45, 2.75) is 12.8 Å². The highest BCUT2D eigenvalue weighted by atomic mass is 19.1. The van der Waals surface area contributed by atoms with Gasteiger partial charge in [0, 0.05) is 6.07 Å². The first-order valence-corrected chi connectivity index (χ1v) is 8.91. The number of hydrogen-bond acceptors (Lipinski definition) is 3. The summed E-state index contributed by atoms with van der Waals surface area (Å²) in [7, 11) is 0. The molecule has 0 aromatic heterocycles. The average Bonchev–Trinajstić information content (AvgIpc) is 2.70. The molecule has 0 heterocycles. The Bertz CT molecular complexity index is 990. The third-order valence-electron chi connectivity index (χ3n) is 4.70. The fourth-order valence-corrected chi connectivity index (χ4v) is 3.17. The van der Waals surface area contributed by atoms with Crippen LogP contribution in [0.25, 0.3) is 0 Å². The lowest BCUT2D eigenvalue weighted by Crippen LogP contribution is -2.35. The Morgan fingerprint density at radius 2 is 1.59 bits per heavy atom. The molecule has 29 heavy (non-hydrogen) atoms. The van der Waals surface area contributed by atoms with Crippen LogP contribution in [0.1, 0.15) is 23.2 Å². The van der Waals surface area contributed by atoms with E-state index in [0.29, 0.717) is 6.07 Å². The maximum Gasteiger partial charge on any atom is 0.307 e. The second-order valence-electron chi connectivity index (χ2n) is 6.61. The van der Waals surface area contributed by atoms with Crippen LogP contribution in [-0.4, -0.2) is 22.9 Å². The highest BCUT2D eigenvalue weighted by Crippen LogP contribution is 2.28. The summed E-state index contributed by atoms with van der Waals surface area (Å²) in [5.74, 6) is -5.62. The zero-order chi connectivity index (χ0) is 21.0. The van der Waals surface area contributed by atoms with Crippen LogP contribution in [0, 0.1) is 23.5 Å². The van der Waals surface area contributed by atoms with Gasteiger partial charge >= 0.3 is 5.97 Å². The first-order chi connectivity index (χ1) is 13.9. The van der Waals surface area contributed by atoms with Crippen LogP contribution >= 0.6 is 0 Å². The van der Waals surface area contributed by atoms with E-state index in [4.69, 9.17) is 0 Å². The smallest absolute Gasteiger partial charge is 0.307 e. The lowest BCUT2D eigenvalue weighted by molar-refractivity contribution is -0.146. The van der Waals surface area contributed by atoms with Crippen molar-refractivity contribution in [1.29, 1.82) is 0 Å². The lowest BCUT2D eigenvalue weighted by Gasteiger charge is -2.24. The summed E-state index contributed by atoms with van der Waals surface area (Å²) >= 11 is 0. The molecule has 2 aromatic rings. The van der Waals surface area contributed by atoms with Crippen LogP contribution in [0.2, 0.25) is 0 Å². The van der Waals surface area contributed by atoms with Gasteiger partial charge in [0.05, 0.1) is 28.8 Å². The van der Waals surface area contributed by atoms with Gasteiger partial charge in [0.2, 0.25) is 5.91 Å². The predicted octanol–water partition coefficient (Wildman–Crippen LogP) is 3.82. The van der Waals surface area contributed by atoms with Crippen LogP contribution in [0.4, 0.5) is 20.2 Å². The van der Waals surface area contributed by atoms with E-state index in [1.54, 1.807) is 24.3 Å². The van der Waals surface area contributed by atoms with E-state index in [-0.39, 0.29) is 29.8 Å². The van der Waals surface area contributed by atoms with Gasteiger partial charge in [-0.25, -0.2) is 8.78 Å². The van der Waals surface area contributed by atoms with E-state index < -0.39 is 41.3 Å². The number of allylic oxidation sites excluding steroid dienone is 2. The Morgan fingerprint density at radius 3 is 2.28 bits per heavy atom. The maximum absolute atomic E-state index is 13.8. The molecule has 0 fully saturated rings. The van der Waals surface area contributed by atoms with Gasteiger partial charge in [-0.15, -0.1) is 0 Å². The molecule has 0 saturated carbocycles. The van der Waals surface area contributed by atoms with Gasteiger partial charge in [-0.1, -0.05) is 24.3 Å². The third kappa shape index (κ3) is 4.66. The van der Waals surface area contributed by atoms with Crippen molar-refractivity contribution < 1.29 is 28.3 Å². The number of rotatable bonds is 5. The first-order valence-electron chi connectivity index (χ1n) is 8.91. The van der Waals surface area contributed by atoms with E-state index in [1.165, 1.54) is 12.1 Å². The normalized spacial score (nSPS) is 18.1. The molecule has 1 aliphatic rings. The Balaban J connectivity index is 1.79. The van der Waals surface area contributed by atoms with Crippen molar-refractivity contribution in [2.24, 2.45) is 11.8 Å². The van der Waals surface area contributed by atoms with Gasteiger partial charge in [-0.05, 0) is 37.1 Å². The van der Waals surface area contributed by atoms with E-state index in [1.807, 2.05) is 0 Å². The number of carbonyl (C=O) groups excluding carboxylic acids is 2. The zero-order valence-electron chi connectivity index (χ0n) is 15.2. The zero-order valence-corrected chi connectivity index (χ0v) is 15.2. The van der Waals surface area contributed by atoms with Gasteiger partial charge in [0.1, 0.15) is 11.6 Å². The summed E-state index contributed by atoms with van der Waals surface area (Å²) in [6.07, 6.45) is 4.00. The number of carbonyl (C=O) groups is 3. The second kappa shape index (κ2) is 8.64. The van der Waals surface area contributed by atoms with Gasteiger partial charge in [0.25, 0.3) is 5.91 Å². The number of hydrogen-bond donors (Lipinski definition) is 3. The van der Waals surface area contributed by atoms with Gasteiger partial charge in [0.15, 0.2) is 0 Å². The molecule has 0 aliphatic heterocycles. The number of para-hydroxylation sites is 1. The van der Waals surface area contributed by atoms with Crippen LogP contribution in [0.5, 0.6) is 0 Å². The third-order valence-corrected chi connectivity index (χ3v) is 4.70. The fourth-order valence-electron chi connectivity index (χ4n) is 3.17. The number of nitrogens with one attached hydrogen (secondary N) is 2. The quantitative estimate of drug-likeness (QED) is 0.665. The Labute approximate surface area is 165 Å². The monoisotopic (exact) mass is 400 g/mol. The van der Waals surface area contributed by atoms with E-state index in [2.05, 4.69) is 10.6 Å². The van der Waals surface area contributed by atoms with Crippen molar-refractivity contribution in [3.63, 3.8) is 0 Å². The molecule has 3 N–H and O–H groups in total. The number of anilines is 2. The minimum Gasteiger partial charge on any atom is -0.481 e. The highest BCUT2D eigenvalue weighted by molar-refractivity contribution is 6.10. The summed E-state index contributed by atoms with van der Waals surface area (Å²) in [5, 5.41) is 14.3. The fraction of sp³-hybridized carbons (Fsp3) is 0.190. The van der Waals surface area contributed by atoms with E-state index >= 15 is 0 Å². The van der Waals surface area contributed by atoms with Crippen molar-refractivity contribution in [2.75, 3.05) is 10.6 Å². The van der Waals surface area contributed by atoms with Crippen molar-refractivity contribution >= 4 is 29.2 Å². The molecule has 2 atom stereocenters. The molecule has 0 saturated heterocycles. The molecule has 0 spiro atoms. The minimum absolute atomic E-state index is 0.0581. The van der Waals surface area contributed by atoms with Crippen molar-refractivity contribution in [3.05, 3.63) is 71.8 Å². The summed E-state index contributed by atoms with van der Waals surface area (Å²) in [4.78, 5) is 36.7. The van der Waals surface area contributed by atoms with Crippen LogP contribution < -0.4 is 10.6 Å². The molecule has 2 aromatic carbocycles. The molecule has 0 bridgehead atoms. The largest absolute Gasteiger partial charge is 0.481 e. The first kappa shape index (κ1) is 20.2. The molecule has 150 valence electrons. The molecule has 0 unspecified atom stereocenters. The van der Waals surface area contributed by atoms with E-state index in [0.717, 1.165) is 12.1 Å². The predicted molar refractivity (Wildman–Crippen MR) is 102 cm³/mol. The molecular weight excluding hydrogens is 382 g/mol. The number of carboxylic acids is 1. The molecule has 2 amide bonds. The molecule has 0 radical (unpaired) electrons. The second-order valence-corrected chi connectivity index (χ2v) is 6.61. The van der Waals surface area contributed by atoms with Gasteiger partial charge in [-0.2, -0.15) is 0 Å². The standard InChI is InChI=1S/C21H18F2N2O4/c22-12-9-10-18(16(23)11-12)25-20(27)15-7-3-4-8-17(15)24-19(26)13-5-1-2-6-14(13)21(28)29/h1-4,7-11,13-14H,5-6H2,(H,24,26)(H,25,27)(H,28,29)/t13-,14+/m0/s1. The Kier molecular flexibility index (Phi) is 6.01. The molecular formula is C21H18F2N2O4. The minimum atomic E-state index is -1.06. The molecule has 8 heteroatoms. The van der Waals surface area contributed by atoms with Crippen molar-refractivity contribution in [1.82, 2.24) is 0 Å². The lowest BCUT2D eigenvalue weighted by atomic mass is 9.82. The maximum atomic E-state index is 13.8. The number of halogens is 2. The molecule has 3 rings (SSSR count). The highest BCUT2D eigenvalue weighted by Gasteiger charge is 2.34. The topological polar surface area (TPSA) is 95.5 Å². The number of carboxylic acid groups (broad SMARTS) is 1. The Hall–Kier alpha value is -3.55. The summed E-state index contributed by atoms with van der Waals surface area (Å²) in [5.41, 5.74) is 0.0138. The van der Waals surface area contributed by atoms with Gasteiger partial charge < -0.3 is 15.7 Å². The van der Waals surface area contributed by atoms with Crippen LogP contribution in [0.3, 0.4) is 0 Å². The van der Waals surface area contributed by atoms with Crippen LogP contribution in [-0.2, 0) is 9.59 Å². The Morgan fingerprint density at radius 1 is 0.897 bits per heavy atom.